The van der Waals surface area contributed by atoms with Crippen LogP contribution in [-0.4, -0.2) is 33.6 Å². The molecule has 132 valence electrons. The summed E-state index contributed by atoms with van der Waals surface area (Å²) in [5.41, 5.74) is 2.13. The third kappa shape index (κ3) is 3.83. The lowest BCUT2D eigenvalue weighted by Gasteiger charge is -2.20. The largest absolute Gasteiger partial charge is 0.497 e. The molecule has 1 atom stereocenters. The van der Waals surface area contributed by atoms with Gasteiger partial charge in [-0.3, -0.25) is 10.00 Å². The van der Waals surface area contributed by atoms with E-state index in [1.165, 1.54) is 0 Å². The molecular formula is C18H23N5O2. The molecule has 7 heteroatoms. The van der Waals surface area contributed by atoms with Gasteiger partial charge in [-0.1, -0.05) is 0 Å². The fraction of sp³-hybridized carbons (Fsp3) is 0.333. The van der Waals surface area contributed by atoms with E-state index in [0.29, 0.717) is 6.54 Å². The van der Waals surface area contributed by atoms with Gasteiger partial charge in [0.05, 0.1) is 26.5 Å². The molecule has 0 spiro atoms. The zero-order valence-corrected chi connectivity index (χ0v) is 14.9. The van der Waals surface area contributed by atoms with E-state index in [2.05, 4.69) is 15.4 Å². The van der Waals surface area contributed by atoms with E-state index in [1.807, 2.05) is 55.5 Å². The highest BCUT2D eigenvalue weighted by molar-refractivity contribution is 5.41. The molecule has 0 saturated heterocycles. The van der Waals surface area contributed by atoms with Crippen molar-refractivity contribution in [2.45, 2.75) is 12.6 Å². The summed E-state index contributed by atoms with van der Waals surface area (Å²) < 4.78 is 14.6. The molecule has 0 bridgehead atoms. The van der Waals surface area contributed by atoms with Crippen LogP contribution in [0, 0.1) is 0 Å². The van der Waals surface area contributed by atoms with Crippen LogP contribution in [0.15, 0.2) is 43.0 Å². The molecule has 0 radical (unpaired) electrons. The van der Waals surface area contributed by atoms with E-state index in [-0.39, 0.29) is 6.04 Å². The number of rotatable bonds is 7. The van der Waals surface area contributed by atoms with Crippen molar-refractivity contribution >= 4 is 0 Å². The Hall–Kier alpha value is -2.80. The standard InChI is InChI=1S/C18H23N5O2/c1-22-6-5-19-18(22)17(20-10-13-11-21-23(2)12-13)14-7-15(24-3)9-16(8-14)25-4/h5-9,11-12,17,20H,10H2,1-4H3/t17-/m0/s1. The quantitative estimate of drug-likeness (QED) is 0.712. The number of aryl methyl sites for hydroxylation is 2. The highest BCUT2D eigenvalue weighted by atomic mass is 16.5. The summed E-state index contributed by atoms with van der Waals surface area (Å²) in [5, 5.41) is 7.78. The average Bonchev–Trinajstić information content (AvgIpc) is 3.23. The van der Waals surface area contributed by atoms with E-state index in [0.717, 1.165) is 28.5 Å². The van der Waals surface area contributed by atoms with Crippen LogP contribution in [0.2, 0.25) is 0 Å². The smallest absolute Gasteiger partial charge is 0.130 e. The summed E-state index contributed by atoms with van der Waals surface area (Å²) in [6.45, 7) is 0.672. The molecule has 1 N–H and O–H groups in total. The van der Waals surface area contributed by atoms with Gasteiger partial charge in [0.25, 0.3) is 0 Å². The Bertz CT molecular complexity index is 817. The molecule has 7 nitrogen and oxygen atoms in total. The van der Waals surface area contributed by atoms with Gasteiger partial charge < -0.3 is 14.0 Å². The van der Waals surface area contributed by atoms with Crippen LogP contribution in [0.3, 0.4) is 0 Å². The molecule has 0 unspecified atom stereocenters. The van der Waals surface area contributed by atoms with Crippen molar-refractivity contribution in [1.82, 2.24) is 24.6 Å². The summed E-state index contributed by atoms with van der Waals surface area (Å²) in [6, 6.07) is 5.75. The first kappa shape index (κ1) is 17.0. The van der Waals surface area contributed by atoms with Gasteiger partial charge in [-0.2, -0.15) is 5.10 Å². The summed E-state index contributed by atoms with van der Waals surface area (Å²) in [4.78, 5) is 4.52. The Labute approximate surface area is 147 Å². The van der Waals surface area contributed by atoms with Gasteiger partial charge in [0.15, 0.2) is 0 Å². The van der Waals surface area contributed by atoms with Crippen LogP contribution in [0.25, 0.3) is 0 Å². The third-order valence-electron chi connectivity index (χ3n) is 4.09. The molecule has 0 aliphatic heterocycles. The minimum atomic E-state index is -0.107. The van der Waals surface area contributed by atoms with Crippen LogP contribution in [0.1, 0.15) is 23.0 Å². The molecule has 25 heavy (non-hydrogen) atoms. The minimum Gasteiger partial charge on any atom is -0.497 e. The van der Waals surface area contributed by atoms with E-state index < -0.39 is 0 Å². The van der Waals surface area contributed by atoms with Gasteiger partial charge >= 0.3 is 0 Å². The number of benzene rings is 1. The van der Waals surface area contributed by atoms with E-state index in [1.54, 1.807) is 25.1 Å². The van der Waals surface area contributed by atoms with Crippen molar-refractivity contribution in [3.8, 4) is 11.5 Å². The van der Waals surface area contributed by atoms with E-state index >= 15 is 0 Å². The summed E-state index contributed by atoms with van der Waals surface area (Å²) >= 11 is 0. The Kier molecular flexibility index (Phi) is 5.04. The predicted molar refractivity (Wildman–Crippen MR) is 94.6 cm³/mol. The van der Waals surface area contributed by atoms with Gasteiger partial charge in [0, 0.05) is 50.9 Å². The fourth-order valence-corrected chi connectivity index (χ4v) is 2.79. The second-order valence-electron chi connectivity index (χ2n) is 5.88. The van der Waals surface area contributed by atoms with E-state index in [9.17, 15) is 0 Å². The number of nitrogens with zero attached hydrogens (tertiary/aromatic N) is 4. The van der Waals surface area contributed by atoms with Crippen molar-refractivity contribution in [3.05, 3.63) is 59.9 Å². The maximum absolute atomic E-state index is 5.41. The molecule has 0 amide bonds. The lowest BCUT2D eigenvalue weighted by molar-refractivity contribution is 0.392. The number of nitrogens with one attached hydrogen (secondary N) is 1. The zero-order valence-electron chi connectivity index (χ0n) is 14.9. The number of hydrogen-bond acceptors (Lipinski definition) is 5. The topological polar surface area (TPSA) is 66.1 Å². The van der Waals surface area contributed by atoms with Crippen LogP contribution < -0.4 is 14.8 Å². The molecule has 2 aromatic heterocycles. The monoisotopic (exact) mass is 341 g/mol. The molecule has 0 saturated carbocycles. The normalized spacial score (nSPS) is 12.2. The fourth-order valence-electron chi connectivity index (χ4n) is 2.79. The van der Waals surface area contributed by atoms with Gasteiger partial charge in [0.2, 0.25) is 0 Å². The number of ether oxygens (including phenoxy) is 2. The van der Waals surface area contributed by atoms with Gasteiger partial charge in [-0.25, -0.2) is 4.98 Å². The number of methoxy groups -OCH3 is 2. The average molecular weight is 341 g/mol. The summed E-state index contributed by atoms with van der Waals surface area (Å²) in [7, 11) is 7.19. The number of imidazole rings is 1. The molecular weight excluding hydrogens is 318 g/mol. The molecule has 1 aromatic carbocycles. The first-order valence-corrected chi connectivity index (χ1v) is 8.02. The van der Waals surface area contributed by atoms with Gasteiger partial charge in [-0.05, 0) is 17.7 Å². The minimum absolute atomic E-state index is 0.107. The molecule has 3 aromatic rings. The van der Waals surface area contributed by atoms with Crippen molar-refractivity contribution in [2.75, 3.05) is 14.2 Å². The lowest BCUT2D eigenvalue weighted by atomic mass is 10.0. The molecule has 0 aliphatic carbocycles. The first-order chi connectivity index (χ1) is 12.1. The highest BCUT2D eigenvalue weighted by Gasteiger charge is 2.20. The zero-order chi connectivity index (χ0) is 17.8. The highest BCUT2D eigenvalue weighted by Crippen LogP contribution is 2.29. The summed E-state index contributed by atoms with van der Waals surface area (Å²) in [6.07, 6.45) is 7.58. The molecule has 0 fully saturated rings. The third-order valence-corrected chi connectivity index (χ3v) is 4.09. The maximum atomic E-state index is 5.41. The molecule has 0 aliphatic rings. The Morgan fingerprint density at radius 2 is 1.84 bits per heavy atom. The van der Waals surface area contributed by atoms with Crippen molar-refractivity contribution in [1.29, 1.82) is 0 Å². The summed E-state index contributed by atoms with van der Waals surface area (Å²) in [5.74, 6) is 2.41. The van der Waals surface area contributed by atoms with Crippen LogP contribution in [0.4, 0.5) is 0 Å². The van der Waals surface area contributed by atoms with Crippen LogP contribution in [-0.2, 0) is 20.6 Å². The van der Waals surface area contributed by atoms with E-state index in [4.69, 9.17) is 9.47 Å². The molecule has 3 rings (SSSR count). The SMILES string of the molecule is COc1cc(OC)cc([C@H](NCc2cnn(C)c2)c2nccn2C)c1. The van der Waals surface area contributed by atoms with Crippen molar-refractivity contribution in [2.24, 2.45) is 14.1 Å². The lowest BCUT2D eigenvalue weighted by Crippen LogP contribution is -2.24. The van der Waals surface area contributed by atoms with Gasteiger partial charge in [-0.15, -0.1) is 0 Å². The second kappa shape index (κ2) is 7.40. The number of hydrogen-bond donors (Lipinski definition) is 1. The molecule has 2 heterocycles. The first-order valence-electron chi connectivity index (χ1n) is 8.02. The second-order valence-corrected chi connectivity index (χ2v) is 5.88. The Morgan fingerprint density at radius 3 is 2.36 bits per heavy atom. The van der Waals surface area contributed by atoms with Gasteiger partial charge in [0.1, 0.15) is 17.3 Å². The number of aromatic nitrogens is 4. The predicted octanol–water partition coefficient (Wildman–Crippen LogP) is 2.05. The Balaban J connectivity index is 1.95. The van der Waals surface area contributed by atoms with Crippen LogP contribution in [0.5, 0.6) is 11.5 Å². The maximum Gasteiger partial charge on any atom is 0.130 e. The van der Waals surface area contributed by atoms with Crippen molar-refractivity contribution in [3.63, 3.8) is 0 Å². The van der Waals surface area contributed by atoms with Crippen molar-refractivity contribution < 1.29 is 9.47 Å². The Morgan fingerprint density at radius 1 is 1.12 bits per heavy atom. The van der Waals surface area contributed by atoms with Crippen LogP contribution >= 0.6 is 0 Å².